The van der Waals surface area contributed by atoms with Gasteiger partial charge in [0.05, 0.1) is 0 Å². The summed E-state index contributed by atoms with van der Waals surface area (Å²) in [4.78, 5) is 23.3. The van der Waals surface area contributed by atoms with Gasteiger partial charge >= 0.3 is 6.03 Å². The van der Waals surface area contributed by atoms with Crippen molar-refractivity contribution in [1.82, 2.24) is 5.32 Å². The Morgan fingerprint density at radius 2 is 2.10 bits per heavy atom. The third-order valence-electron chi connectivity index (χ3n) is 3.11. The lowest BCUT2D eigenvalue weighted by molar-refractivity contribution is -0.117. The third-order valence-corrected chi connectivity index (χ3v) is 3.11. The van der Waals surface area contributed by atoms with Gasteiger partial charge < -0.3 is 16.0 Å². The monoisotopic (exact) mass is 273 g/mol. The summed E-state index contributed by atoms with van der Waals surface area (Å²) in [5.74, 6) is 0.208. The van der Waals surface area contributed by atoms with Crippen LogP contribution in [0.1, 0.15) is 18.4 Å². The van der Waals surface area contributed by atoms with E-state index in [1.165, 1.54) is 0 Å². The number of hydrogen-bond donors (Lipinski definition) is 3. The number of urea groups is 1. The minimum absolute atomic E-state index is 0.0518. The van der Waals surface area contributed by atoms with Crippen LogP contribution in [0.3, 0.4) is 0 Å². The summed E-state index contributed by atoms with van der Waals surface area (Å²) in [5.41, 5.74) is 2.31. The number of carbonyl (C=O) groups excluding carboxylic acids is 2. The summed E-state index contributed by atoms with van der Waals surface area (Å²) in [6.45, 7) is 5.84. The van der Waals surface area contributed by atoms with Crippen LogP contribution >= 0.6 is 0 Å². The molecule has 0 bridgehead atoms. The van der Waals surface area contributed by atoms with E-state index in [2.05, 4.69) is 22.5 Å². The van der Waals surface area contributed by atoms with Crippen molar-refractivity contribution < 1.29 is 9.59 Å². The highest BCUT2D eigenvalue weighted by molar-refractivity contribution is 5.96. The molecule has 2 rings (SSSR count). The topological polar surface area (TPSA) is 70.2 Å². The van der Waals surface area contributed by atoms with Crippen LogP contribution in [0.4, 0.5) is 16.2 Å². The maximum absolute atomic E-state index is 11.7. The number of nitrogens with one attached hydrogen (secondary N) is 3. The molecule has 3 N–H and O–H groups in total. The van der Waals surface area contributed by atoms with Crippen LogP contribution < -0.4 is 16.0 Å². The van der Waals surface area contributed by atoms with Gasteiger partial charge in [-0.05, 0) is 37.5 Å². The van der Waals surface area contributed by atoms with Crippen molar-refractivity contribution in [2.75, 3.05) is 17.2 Å². The molecule has 0 radical (unpaired) electrons. The molecule has 1 aliphatic carbocycles. The third kappa shape index (κ3) is 3.85. The van der Waals surface area contributed by atoms with Crippen molar-refractivity contribution in [1.29, 1.82) is 0 Å². The summed E-state index contributed by atoms with van der Waals surface area (Å²) in [7, 11) is 0. The molecule has 1 aromatic rings. The minimum Gasteiger partial charge on any atom is -0.334 e. The van der Waals surface area contributed by atoms with Crippen LogP contribution in [0.15, 0.2) is 30.9 Å². The van der Waals surface area contributed by atoms with E-state index in [1.54, 1.807) is 12.1 Å². The second kappa shape index (κ2) is 6.23. The van der Waals surface area contributed by atoms with E-state index in [-0.39, 0.29) is 17.9 Å². The van der Waals surface area contributed by atoms with Crippen LogP contribution in [0.2, 0.25) is 0 Å². The highest BCUT2D eigenvalue weighted by Crippen LogP contribution is 2.30. The van der Waals surface area contributed by atoms with Crippen LogP contribution in [0, 0.1) is 12.8 Å². The number of amides is 3. The Labute approximate surface area is 118 Å². The predicted molar refractivity (Wildman–Crippen MR) is 79.8 cm³/mol. The lowest BCUT2D eigenvalue weighted by atomic mass is 10.1. The Kier molecular flexibility index (Phi) is 4.40. The molecule has 3 amide bonds. The van der Waals surface area contributed by atoms with E-state index in [9.17, 15) is 9.59 Å². The molecule has 0 aliphatic heterocycles. The first-order chi connectivity index (χ1) is 9.60. The first-order valence-corrected chi connectivity index (χ1v) is 6.67. The fraction of sp³-hybridized carbons (Fsp3) is 0.333. The average Bonchev–Trinajstić information content (AvgIpc) is 3.24. The molecule has 1 fully saturated rings. The number of carbonyl (C=O) groups is 2. The van der Waals surface area contributed by atoms with Gasteiger partial charge in [-0.2, -0.15) is 0 Å². The molecule has 1 saturated carbocycles. The molecule has 0 heterocycles. The van der Waals surface area contributed by atoms with Gasteiger partial charge in [0.1, 0.15) is 0 Å². The summed E-state index contributed by atoms with van der Waals surface area (Å²) < 4.78 is 0. The highest BCUT2D eigenvalue weighted by Gasteiger charge is 2.29. The molecule has 0 atom stereocenters. The van der Waals surface area contributed by atoms with Gasteiger partial charge in [0.2, 0.25) is 5.91 Å². The van der Waals surface area contributed by atoms with Gasteiger partial charge in [-0.1, -0.05) is 12.1 Å². The Bertz CT molecular complexity index is 536. The molecule has 1 aromatic carbocycles. The van der Waals surface area contributed by atoms with E-state index in [0.29, 0.717) is 17.9 Å². The lowest BCUT2D eigenvalue weighted by Gasteiger charge is -2.11. The van der Waals surface area contributed by atoms with Crippen molar-refractivity contribution in [3.05, 3.63) is 36.4 Å². The van der Waals surface area contributed by atoms with Gasteiger partial charge in [-0.3, -0.25) is 4.79 Å². The number of anilines is 2. The zero-order chi connectivity index (χ0) is 14.5. The van der Waals surface area contributed by atoms with Crippen molar-refractivity contribution in [3.63, 3.8) is 0 Å². The Balaban J connectivity index is 2.01. The summed E-state index contributed by atoms with van der Waals surface area (Å²) >= 11 is 0. The van der Waals surface area contributed by atoms with Crippen molar-refractivity contribution in [2.24, 2.45) is 5.92 Å². The van der Waals surface area contributed by atoms with Gasteiger partial charge in [-0.15, -0.1) is 6.58 Å². The van der Waals surface area contributed by atoms with Crippen molar-refractivity contribution >= 4 is 23.3 Å². The lowest BCUT2D eigenvalue weighted by Crippen LogP contribution is -2.29. The Morgan fingerprint density at radius 1 is 1.35 bits per heavy atom. The molecule has 20 heavy (non-hydrogen) atoms. The molecule has 0 spiro atoms. The van der Waals surface area contributed by atoms with Gasteiger partial charge in [0, 0.05) is 23.8 Å². The maximum Gasteiger partial charge on any atom is 0.319 e. The van der Waals surface area contributed by atoms with E-state index in [4.69, 9.17) is 0 Å². The molecule has 1 aliphatic rings. The maximum atomic E-state index is 11.7. The van der Waals surface area contributed by atoms with Gasteiger partial charge in [-0.25, -0.2) is 4.79 Å². The number of hydrogen-bond acceptors (Lipinski definition) is 2. The zero-order valence-corrected chi connectivity index (χ0v) is 11.5. The Morgan fingerprint density at radius 3 is 2.75 bits per heavy atom. The normalized spacial score (nSPS) is 13.4. The van der Waals surface area contributed by atoms with Crippen molar-refractivity contribution in [2.45, 2.75) is 19.8 Å². The van der Waals surface area contributed by atoms with Crippen molar-refractivity contribution in [3.8, 4) is 0 Å². The van der Waals surface area contributed by atoms with Gasteiger partial charge in [0.15, 0.2) is 0 Å². The van der Waals surface area contributed by atoms with E-state index >= 15 is 0 Å². The fourth-order valence-electron chi connectivity index (χ4n) is 1.76. The summed E-state index contributed by atoms with van der Waals surface area (Å²) in [6.07, 6.45) is 3.54. The van der Waals surface area contributed by atoms with E-state index < -0.39 is 0 Å². The number of benzene rings is 1. The van der Waals surface area contributed by atoms with Gasteiger partial charge in [0.25, 0.3) is 0 Å². The molecule has 106 valence electrons. The molecule has 0 aromatic heterocycles. The second-order valence-corrected chi connectivity index (χ2v) is 4.92. The number of rotatable bonds is 5. The fourth-order valence-corrected chi connectivity index (χ4v) is 1.76. The highest BCUT2D eigenvalue weighted by atomic mass is 16.2. The second-order valence-electron chi connectivity index (χ2n) is 4.92. The first-order valence-electron chi connectivity index (χ1n) is 6.67. The molecule has 0 unspecified atom stereocenters. The average molecular weight is 273 g/mol. The molecular formula is C15H19N3O2. The largest absolute Gasteiger partial charge is 0.334 e. The van der Waals surface area contributed by atoms with E-state index in [0.717, 1.165) is 18.4 Å². The van der Waals surface area contributed by atoms with Crippen LogP contribution in [-0.4, -0.2) is 18.5 Å². The molecule has 5 nitrogen and oxygen atoms in total. The quantitative estimate of drug-likeness (QED) is 0.722. The SMILES string of the molecule is C=CCNC(=O)Nc1cc(NC(=O)C2CC2)ccc1C. The minimum atomic E-state index is -0.293. The van der Waals surface area contributed by atoms with Crippen LogP contribution in [-0.2, 0) is 4.79 Å². The molecule has 0 saturated heterocycles. The standard InChI is InChI=1S/C15H19N3O2/c1-3-8-16-15(20)18-13-9-12(7-4-10(13)2)17-14(19)11-5-6-11/h3-4,7,9,11H,1,5-6,8H2,2H3,(H,17,19)(H2,16,18,20). The molecular weight excluding hydrogens is 254 g/mol. The molecule has 5 heteroatoms. The summed E-state index contributed by atoms with van der Waals surface area (Å²) in [5, 5.41) is 8.26. The van der Waals surface area contributed by atoms with Crippen LogP contribution in [0.5, 0.6) is 0 Å². The number of aryl methyl sites for hydroxylation is 1. The first kappa shape index (κ1) is 14.1. The van der Waals surface area contributed by atoms with Crippen LogP contribution in [0.25, 0.3) is 0 Å². The summed E-state index contributed by atoms with van der Waals surface area (Å²) in [6, 6.07) is 5.18. The zero-order valence-electron chi connectivity index (χ0n) is 11.5. The smallest absolute Gasteiger partial charge is 0.319 e. The Hall–Kier alpha value is -2.30. The van der Waals surface area contributed by atoms with E-state index in [1.807, 2.05) is 19.1 Å². The predicted octanol–water partition coefficient (Wildman–Crippen LogP) is 2.65.